The molecule has 5 heterocycles. The summed E-state index contributed by atoms with van der Waals surface area (Å²) in [6.07, 6.45) is -2.10. The summed E-state index contributed by atoms with van der Waals surface area (Å²) in [4.78, 5) is 51.8. The molecule has 2 aromatic carbocycles. The summed E-state index contributed by atoms with van der Waals surface area (Å²) in [6, 6.07) is 7.40. The molecule has 0 bridgehead atoms. The average molecular weight is 839 g/mol. The van der Waals surface area contributed by atoms with Crippen molar-refractivity contribution in [3.63, 3.8) is 0 Å². The SMILES string of the molecule is Cc1nc(-c2cc(C(=O)NCc3nc(C(C)(C)C(F)(F)F)n[nH]3)on2)ncc1-c1ccc(CN2CC3(CC(Oc4cc(F)c(N5CCC(=O)NC5=O)c(F)c4)C3)C2)cc1F. The first-order valence-corrected chi connectivity index (χ1v) is 18.7. The number of likely N-dealkylation sites (tertiary alicyclic amines) is 1. The Morgan fingerprint density at radius 3 is 2.42 bits per heavy atom. The minimum Gasteiger partial charge on any atom is -0.490 e. The van der Waals surface area contributed by atoms with Crippen LogP contribution in [0.2, 0.25) is 0 Å². The third-order valence-electron chi connectivity index (χ3n) is 10.9. The van der Waals surface area contributed by atoms with Crippen LogP contribution in [0.25, 0.3) is 22.6 Å². The third kappa shape index (κ3) is 7.75. The van der Waals surface area contributed by atoms with Gasteiger partial charge in [0.05, 0.1) is 12.6 Å². The zero-order valence-electron chi connectivity index (χ0n) is 32.2. The van der Waals surface area contributed by atoms with Gasteiger partial charge in [0.1, 0.15) is 28.5 Å². The fourth-order valence-electron chi connectivity index (χ4n) is 7.61. The quantitative estimate of drug-likeness (QED) is 0.135. The molecule has 0 radical (unpaired) electrons. The number of hydrogen-bond acceptors (Lipinski definition) is 11. The Hall–Kier alpha value is -6.38. The number of aromatic nitrogens is 6. The van der Waals surface area contributed by atoms with Gasteiger partial charge < -0.3 is 14.6 Å². The van der Waals surface area contributed by atoms with E-state index in [-0.39, 0.29) is 65.4 Å². The molecule has 3 N–H and O–H groups in total. The maximum Gasteiger partial charge on any atom is 0.401 e. The highest BCUT2D eigenvalue weighted by Gasteiger charge is 2.53. The Labute approximate surface area is 336 Å². The number of carbonyl (C=O) groups is 3. The summed E-state index contributed by atoms with van der Waals surface area (Å²) in [5, 5.41) is 14.4. The highest BCUT2D eigenvalue weighted by molar-refractivity contribution is 6.05. The molecule has 1 aliphatic carbocycles. The minimum absolute atomic E-state index is 0.00342. The number of nitrogens with zero attached hydrogens (tertiary/aromatic N) is 7. The lowest BCUT2D eigenvalue weighted by Crippen LogP contribution is -2.64. The van der Waals surface area contributed by atoms with Gasteiger partial charge in [-0.15, -0.1) is 0 Å². The van der Waals surface area contributed by atoms with Gasteiger partial charge in [-0.05, 0) is 45.2 Å². The van der Waals surface area contributed by atoms with Crippen molar-refractivity contribution in [3.05, 3.63) is 88.7 Å². The molecule has 2 aliphatic heterocycles. The molecule has 0 unspecified atom stereocenters. The topological polar surface area (TPSA) is 184 Å². The van der Waals surface area contributed by atoms with Crippen LogP contribution >= 0.6 is 0 Å². The number of ether oxygens (including phenoxy) is 1. The number of anilines is 1. The predicted molar refractivity (Wildman–Crippen MR) is 198 cm³/mol. The molecule has 1 spiro atoms. The van der Waals surface area contributed by atoms with Crippen molar-refractivity contribution in [2.45, 2.75) is 70.8 Å². The summed E-state index contributed by atoms with van der Waals surface area (Å²) in [5.74, 6) is -4.21. The Morgan fingerprint density at radius 2 is 1.75 bits per heavy atom. The summed E-state index contributed by atoms with van der Waals surface area (Å²) in [7, 11) is 0. The molecule has 2 saturated heterocycles. The van der Waals surface area contributed by atoms with Crippen LogP contribution in [0.5, 0.6) is 5.75 Å². The highest BCUT2D eigenvalue weighted by Crippen LogP contribution is 2.50. The lowest BCUT2D eigenvalue weighted by Gasteiger charge is -2.58. The maximum atomic E-state index is 15.5. The number of rotatable bonds is 11. The van der Waals surface area contributed by atoms with Crippen molar-refractivity contribution >= 4 is 23.5 Å². The van der Waals surface area contributed by atoms with Crippen molar-refractivity contribution in [1.29, 1.82) is 0 Å². The number of benzene rings is 2. The van der Waals surface area contributed by atoms with E-state index in [9.17, 15) is 36.3 Å². The average Bonchev–Trinajstić information content (AvgIpc) is 3.84. The molecule has 3 fully saturated rings. The molecule has 314 valence electrons. The predicted octanol–water partition coefficient (Wildman–Crippen LogP) is 5.90. The van der Waals surface area contributed by atoms with Crippen molar-refractivity contribution < 1.29 is 50.0 Å². The number of aromatic amines is 1. The molecule has 3 aliphatic rings. The van der Waals surface area contributed by atoms with Crippen molar-refractivity contribution in [1.82, 2.24) is 45.8 Å². The lowest BCUT2D eigenvalue weighted by atomic mass is 9.61. The number of alkyl halides is 3. The Bertz CT molecular complexity index is 2490. The van der Waals surface area contributed by atoms with Crippen LogP contribution in [0.4, 0.5) is 36.8 Å². The van der Waals surface area contributed by atoms with E-state index in [1.807, 2.05) is 11.4 Å². The van der Waals surface area contributed by atoms with E-state index in [4.69, 9.17) is 9.26 Å². The van der Waals surface area contributed by atoms with E-state index >= 15 is 4.39 Å². The van der Waals surface area contributed by atoms with Crippen LogP contribution in [0, 0.1) is 29.8 Å². The van der Waals surface area contributed by atoms with Crippen LogP contribution in [0.1, 0.15) is 66.6 Å². The third-order valence-corrected chi connectivity index (χ3v) is 10.9. The van der Waals surface area contributed by atoms with Crippen LogP contribution in [0.15, 0.2) is 47.1 Å². The molecule has 21 heteroatoms. The standard InChI is InChI=1S/C39H36F6N10O5/c1-19-24(14-46-33(48-19)28-11-29(60-53-28)34(57)47-15-30-49-35(52-51-30)37(2,3)39(43,44)45)23-5-4-20(8-25(23)40)16-54-17-38(18-54)12-22(13-38)59-21-9-26(41)32(27(42)10-21)55-7-6-31(56)50-36(55)58/h4-5,8-11,14,22H,6-7,12-13,15-18H2,1-3H3,(H,47,57)(H,49,51,52)(H,50,56,58). The van der Waals surface area contributed by atoms with Crippen LogP contribution < -0.4 is 20.3 Å². The monoisotopic (exact) mass is 838 g/mol. The second-order valence-electron chi connectivity index (χ2n) is 15.8. The second-order valence-corrected chi connectivity index (χ2v) is 15.8. The van der Waals surface area contributed by atoms with Crippen molar-refractivity contribution in [2.24, 2.45) is 5.41 Å². The normalized spacial score (nSPS) is 17.1. The van der Waals surface area contributed by atoms with E-state index in [0.29, 0.717) is 30.6 Å². The van der Waals surface area contributed by atoms with Crippen LogP contribution in [-0.2, 0) is 23.3 Å². The van der Waals surface area contributed by atoms with E-state index in [1.165, 1.54) is 18.3 Å². The molecule has 8 rings (SSSR count). The zero-order chi connectivity index (χ0) is 42.7. The molecule has 3 aromatic heterocycles. The fraction of sp³-hybridized carbons (Fsp3) is 0.385. The maximum absolute atomic E-state index is 15.5. The van der Waals surface area contributed by atoms with E-state index < -0.39 is 58.4 Å². The van der Waals surface area contributed by atoms with Crippen LogP contribution in [-0.4, -0.2) is 85.0 Å². The number of aryl methyl sites for hydroxylation is 1. The van der Waals surface area contributed by atoms with E-state index in [2.05, 4.69) is 40.5 Å². The fourth-order valence-corrected chi connectivity index (χ4v) is 7.61. The summed E-state index contributed by atoms with van der Waals surface area (Å²) in [5.41, 5.74) is -0.807. The molecule has 1 saturated carbocycles. The van der Waals surface area contributed by atoms with Crippen molar-refractivity contribution in [2.75, 3.05) is 24.5 Å². The minimum atomic E-state index is -4.58. The first-order chi connectivity index (χ1) is 28.4. The molecule has 60 heavy (non-hydrogen) atoms. The largest absolute Gasteiger partial charge is 0.490 e. The molecule has 5 aromatic rings. The Morgan fingerprint density at radius 1 is 1.02 bits per heavy atom. The van der Waals surface area contributed by atoms with Gasteiger partial charge in [-0.25, -0.2) is 32.9 Å². The number of hydrogen-bond donors (Lipinski definition) is 3. The molecular formula is C39H36F6N10O5. The summed E-state index contributed by atoms with van der Waals surface area (Å²) in [6.45, 7) is 5.15. The Balaban J connectivity index is 0.819. The number of urea groups is 1. The van der Waals surface area contributed by atoms with Gasteiger partial charge >= 0.3 is 12.2 Å². The molecule has 4 amide bonds. The number of carbonyl (C=O) groups excluding carboxylic acids is 3. The van der Waals surface area contributed by atoms with Gasteiger partial charge in [-0.3, -0.25) is 29.8 Å². The van der Waals surface area contributed by atoms with Gasteiger partial charge in [0.25, 0.3) is 5.91 Å². The summed E-state index contributed by atoms with van der Waals surface area (Å²) >= 11 is 0. The van der Waals surface area contributed by atoms with E-state index in [1.54, 1.807) is 13.0 Å². The van der Waals surface area contributed by atoms with Crippen molar-refractivity contribution in [3.8, 4) is 28.4 Å². The van der Waals surface area contributed by atoms with Gasteiger partial charge in [0, 0.05) is 79.2 Å². The zero-order valence-corrected chi connectivity index (χ0v) is 32.2. The van der Waals surface area contributed by atoms with E-state index in [0.717, 1.165) is 49.5 Å². The molecule has 0 atom stereocenters. The van der Waals surface area contributed by atoms with Gasteiger partial charge in [-0.1, -0.05) is 17.3 Å². The highest BCUT2D eigenvalue weighted by atomic mass is 19.4. The molecular weight excluding hydrogens is 802 g/mol. The number of imide groups is 1. The smallest absolute Gasteiger partial charge is 0.401 e. The number of halogens is 6. The van der Waals surface area contributed by atoms with Gasteiger partial charge in [-0.2, -0.15) is 18.3 Å². The molecule has 15 nitrogen and oxygen atoms in total. The van der Waals surface area contributed by atoms with Gasteiger partial charge in [0.15, 0.2) is 29.0 Å². The summed E-state index contributed by atoms with van der Waals surface area (Å²) < 4.78 is 96.3. The van der Waals surface area contributed by atoms with Gasteiger partial charge in [0.2, 0.25) is 11.7 Å². The number of amides is 4. The van der Waals surface area contributed by atoms with Crippen LogP contribution in [0.3, 0.4) is 0 Å². The number of nitrogens with one attached hydrogen (secondary N) is 3. The lowest BCUT2D eigenvalue weighted by molar-refractivity contribution is -0.182. The Kier molecular flexibility index (Phi) is 10.1. The second kappa shape index (κ2) is 15.0. The number of H-pyrrole nitrogens is 1. The first-order valence-electron chi connectivity index (χ1n) is 18.7. The first kappa shape index (κ1) is 40.4.